The van der Waals surface area contributed by atoms with Crippen LogP contribution in [-0.4, -0.2) is 71.4 Å². The number of hydrogen-bond donors (Lipinski definition) is 6. The molecule has 0 aromatic rings. The number of carbonyl (C=O) groups is 5. The molecule has 26 heavy (non-hydrogen) atoms. The van der Waals surface area contributed by atoms with Crippen LogP contribution >= 0.6 is 11.8 Å². The molecule has 8 N–H and O–H groups in total. The lowest BCUT2D eigenvalue weighted by Gasteiger charge is -2.23. The number of carboxylic acid groups (broad SMARTS) is 1. The van der Waals surface area contributed by atoms with Gasteiger partial charge >= 0.3 is 5.97 Å². The lowest BCUT2D eigenvalue weighted by atomic mass is 10.1. The number of thioether (sulfide) groups is 1. The fourth-order valence-corrected chi connectivity index (χ4v) is 2.29. The Morgan fingerprint density at radius 1 is 1.04 bits per heavy atom. The molecule has 0 aromatic heterocycles. The lowest BCUT2D eigenvalue weighted by molar-refractivity contribution is -0.142. The van der Waals surface area contributed by atoms with E-state index in [2.05, 4.69) is 16.0 Å². The highest BCUT2D eigenvalue weighted by molar-refractivity contribution is 7.98. The highest BCUT2D eigenvalue weighted by Gasteiger charge is 2.28. The van der Waals surface area contributed by atoms with Crippen LogP contribution in [0.25, 0.3) is 0 Å². The Morgan fingerprint density at radius 3 is 2.08 bits per heavy atom. The van der Waals surface area contributed by atoms with E-state index < -0.39 is 60.7 Å². The fourth-order valence-electron chi connectivity index (χ4n) is 1.82. The molecule has 148 valence electrons. The Labute approximate surface area is 155 Å². The number of nitrogens with one attached hydrogen (secondary N) is 3. The van der Waals surface area contributed by atoms with E-state index in [0.717, 1.165) is 0 Å². The van der Waals surface area contributed by atoms with Crippen LogP contribution < -0.4 is 27.4 Å². The predicted molar refractivity (Wildman–Crippen MR) is 95.0 cm³/mol. The molecule has 0 rings (SSSR count). The van der Waals surface area contributed by atoms with Gasteiger partial charge in [0.15, 0.2) is 0 Å². The van der Waals surface area contributed by atoms with E-state index in [9.17, 15) is 24.0 Å². The summed E-state index contributed by atoms with van der Waals surface area (Å²) in [5.74, 6) is -3.70. The minimum Gasteiger partial charge on any atom is -0.480 e. The first-order chi connectivity index (χ1) is 12.1. The number of hydrogen-bond acceptors (Lipinski definition) is 7. The molecule has 0 aliphatic heterocycles. The van der Waals surface area contributed by atoms with Crippen molar-refractivity contribution >= 4 is 41.4 Å². The Balaban J connectivity index is 5.14. The number of amides is 4. The predicted octanol–water partition coefficient (Wildman–Crippen LogP) is -2.87. The second-order valence-corrected chi connectivity index (χ2v) is 6.39. The van der Waals surface area contributed by atoms with Gasteiger partial charge in [-0.2, -0.15) is 11.8 Å². The standard InChI is InChI=1S/C14H25N5O6S/c1-7(14(24)25)17-12(22)8(3-4-26-2)19-13(23)9(5-10(16)20)18-11(21)6-15/h7-9H,3-6,15H2,1-2H3,(H2,16,20)(H,17,22)(H,18,21)(H,19,23)(H,24,25). The van der Waals surface area contributed by atoms with Crippen LogP contribution in [-0.2, 0) is 24.0 Å². The summed E-state index contributed by atoms with van der Waals surface area (Å²) in [5, 5.41) is 15.8. The highest BCUT2D eigenvalue weighted by Crippen LogP contribution is 2.03. The first-order valence-corrected chi connectivity index (χ1v) is 9.11. The summed E-state index contributed by atoms with van der Waals surface area (Å²) in [6, 6.07) is -3.47. The van der Waals surface area contributed by atoms with Crippen molar-refractivity contribution < 1.29 is 29.1 Å². The Bertz CT molecular complexity index is 544. The molecule has 0 aromatic carbocycles. The minimum atomic E-state index is -1.29. The Morgan fingerprint density at radius 2 is 1.62 bits per heavy atom. The molecule has 0 spiro atoms. The second kappa shape index (κ2) is 12.1. The minimum absolute atomic E-state index is 0.221. The lowest BCUT2D eigenvalue weighted by Crippen LogP contribution is -2.56. The van der Waals surface area contributed by atoms with Gasteiger partial charge in [0.1, 0.15) is 18.1 Å². The summed E-state index contributed by atoms with van der Waals surface area (Å²) < 4.78 is 0. The van der Waals surface area contributed by atoms with E-state index in [1.54, 1.807) is 6.26 Å². The first-order valence-electron chi connectivity index (χ1n) is 7.72. The molecule has 0 heterocycles. The summed E-state index contributed by atoms with van der Waals surface area (Å²) in [5.41, 5.74) is 10.2. The summed E-state index contributed by atoms with van der Waals surface area (Å²) >= 11 is 1.42. The summed E-state index contributed by atoms with van der Waals surface area (Å²) in [7, 11) is 0. The van der Waals surface area contributed by atoms with Gasteiger partial charge in [-0.3, -0.25) is 24.0 Å². The molecule has 0 fully saturated rings. The smallest absolute Gasteiger partial charge is 0.325 e. The largest absolute Gasteiger partial charge is 0.480 e. The van der Waals surface area contributed by atoms with E-state index in [0.29, 0.717) is 5.75 Å². The van der Waals surface area contributed by atoms with Gasteiger partial charge in [-0.15, -0.1) is 0 Å². The zero-order valence-electron chi connectivity index (χ0n) is 14.6. The third-order valence-corrected chi connectivity index (χ3v) is 3.86. The molecule has 0 aliphatic carbocycles. The van der Waals surface area contributed by atoms with Gasteiger partial charge in [-0.1, -0.05) is 0 Å². The van der Waals surface area contributed by atoms with Gasteiger partial charge in [0, 0.05) is 0 Å². The quantitative estimate of drug-likeness (QED) is 0.204. The molecule has 3 atom stereocenters. The van der Waals surface area contributed by atoms with Crippen molar-refractivity contribution in [1.29, 1.82) is 0 Å². The number of rotatable bonds is 12. The van der Waals surface area contributed by atoms with E-state index in [1.807, 2.05) is 0 Å². The van der Waals surface area contributed by atoms with E-state index >= 15 is 0 Å². The van der Waals surface area contributed by atoms with E-state index in [-0.39, 0.29) is 6.42 Å². The van der Waals surface area contributed by atoms with Crippen LogP contribution in [0.4, 0.5) is 0 Å². The SMILES string of the molecule is CSCCC(NC(=O)C(CC(N)=O)NC(=O)CN)C(=O)NC(C)C(=O)O. The summed E-state index contributed by atoms with van der Waals surface area (Å²) in [6.07, 6.45) is 1.55. The van der Waals surface area contributed by atoms with Crippen molar-refractivity contribution in [2.45, 2.75) is 37.9 Å². The van der Waals surface area contributed by atoms with Crippen LogP contribution in [0.15, 0.2) is 0 Å². The molecular weight excluding hydrogens is 366 g/mol. The van der Waals surface area contributed by atoms with Crippen LogP contribution in [0.1, 0.15) is 19.8 Å². The number of aliphatic carboxylic acids is 1. The van der Waals surface area contributed by atoms with Crippen molar-refractivity contribution in [2.24, 2.45) is 11.5 Å². The van der Waals surface area contributed by atoms with E-state index in [1.165, 1.54) is 18.7 Å². The molecule has 3 unspecified atom stereocenters. The molecular formula is C14H25N5O6S. The zero-order valence-corrected chi connectivity index (χ0v) is 15.4. The van der Waals surface area contributed by atoms with Gasteiger partial charge in [0.05, 0.1) is 13.0 Å². The van der Waals surface area contributed by atoms with Crippen LogP contribution in [0.5, 0.6) is 0 Å². The molecule has 12 heteroatoms. The maximum absolute atomic E-state index is 12.4. The monoisotopic (exact) mass is 391 g/mol. The summed E-state index contributed by atoms with van der Waals surface area (Å²) in [6.45, 7) is 0.889. The average molecular weight is 391 g/mol. The van der Waals surface area contributed by atoms with Gasteiger partial charge in [-0.05, 0) is 25.4 Å². The molecule has 0 saturated carbocycles. The third kappa shape index (κ3) is 9.22. The summed E-state index contributed by atoms with van der Waals surface area (Å²) in [4.78, 5) is 57.9. The number of nitrogens with two attached hydrogens (primary N) is 2. The zero-order chi connectivity index (χ0) is 20.3. The first kappa shape index (κ1) is 23.7. The van der Waals surface area contributed by atoms with Crippen LogP contribution in [0.2, 0.25) is 0 Å². The molecule has 0 aliphatic rings. The third-order valence-electron chi connectivity index (χ3n) is 3.22. The molecule has 11 nitrogen and oxygen atoms in total. The maximum atomic E-state index is 12.4. The molecule has 0 bridgehead atoms. The normalized spacial score (nSPS) is 13.8. The fraction of sp³-hybridized carbons (Fsp3) is 0.643. The van der Waals surface area contributed by atoms with Crippen molar-refractivity contribution in [2.75, 3.05) is 18.6 Å². The number of carbonyl (C=O) groups excluding carboxylic acids is 4. The van der Waals surface area contributed by atoms with Crippen LogP contribution in [0.3, 0.4) is 0 Å². The maximum Gasteiger partial charge on any atom is 0.325 e. The van der Waals surface area contributed by atoms with Gasteiger partial charge < -0.3 is 32.5 Å². The van der Waals surface area contributed by atoms with Gasteiger partial charge in [0.25, 0.3) is 0 Å². The van der Waals surface area contributed by atoms with Crippen LogP contribution in [0, 0.1) is 0 Å². The average Bonchev–Trinajstić information content (AvgIpc) is 2.56. The molecule has 0 saturated heterocycles. The highest BCUT2D eigenvalue weighted by atomic mass is 32.2. The number of carboxylic acids is 1. The number of primary amides is 1. The van der Waals surface area contributed by atoms with Gasteiger partial charge in [-0.25, -0.2) is 0 Å². The van der Waals surface area contributed by atoms with E-state index in [4.69, 9.17) is 16.6 Å². The van der Waals surface area contributed by atoms with Crippen molar-refractivity contribution in [1.82, 2.24) is 16.0 Å². The van der Waals surface area contributed by atoms with Crippen molar-refractivity contribution in [3.8, 4) is 0 Å². The Hall–Kier alpha value is -2.34. The molecule has 0 radical (unpaired) electrons. The topological polar surface area (TPSA) is 194 Å². The second-order valence-electron chi connectivity index (χ2n) is 5.41. The molecule has 4 amide bonds. The Kier molecular flexibility index (Phi) is 11.0. The van der Waals surface area contributed by atoms with Crippen molar-refractivity contribution in [3.63, 3.8) is 0 Å². The van der Waals surface area contributed by atoms with Gasteiger partial charge in [0.2, 0.25) is 23.6 Å². The van der Waals surface area contributed by atoms with Crippen molar-refractivity contribution in [3.05, 3.63) is 0 Å².